The topological polar surface area (TPSA) is 85.0 Å². The first kappa shape index (κ1) is 16.8. The van der Waals surface area contributed by atoms with E-state index in [4.69, 9.17) is 9.51 Å². The summed E-state index contributed by atoms with van der Waals surface area (Å²) < 4.78 is 5.24. The van der Waals surface area contributed by atoms with Gasteiger partial charge in [0.2, 0.25) is 0 Å². The van der Waals surface area contributed by atoms with Gasteiger partial charge in [0.25, 0.3) is 5.91 Å². The van der Waals surface area contributed by atoms with E-state index in [0.29, 0.717) is 16.5 Å². The third-order valence-corrected chi connectivity index (χ3v) is 5.65. The van der Waals surface area contributed by atoms with Crippen LogP contribution < -0.4 is 0 Å². The van der Waals surface area contributed by atoms with E-state index in [0.717, 1.165) is 42.0 Å². The molecule has 1 amide bonds. The van der Waals surface area contributed by atoms with Crippen LogP contribution >= 0.6 is 11.3 Å². The van der Waals surface area contributed by atoms with Crippen molar-refractivity contribution in [1.82, 2.24) is 25.0 Å². The molecule has 0 radical (unpaired) electrons. The van der Waals surface area contributed by atoms with Crippen LogP contribution in [0.25, 0.3) is 11.4 Å². The normalized spacial score (nSPS) is 17.0. The molecule has 1 aliphatic heterocycles. The maximum atomic E-state index is 13.0. The second kappa shape index (κ2) is 6.60. The number of carbonyl (C=O) groups excluding carboxylic acids is 1. The molecule has 3 aromatic heterocycles. The van der Waals surface area contributed by atoms with E-state index >= 15 is 0 Å². The summed E-state index contributed by atoms with van der Waals surface area (Å²) in [5.41, 5.74) is 4.93. The van der Waals surface area contributed by atoms with Gasteiger partial charge in [-0.1, -0.05) is 5.16 Å². The zero-order valence-corrected chi connectivity index (χ0v) is 15.7. The lowest BCUT2D eigenvalue weighted by Crippen LogP contribution is -2.31. The van der Waals surface area contributed by atoms with Gasteiger partial charge in [-0.05, 0) is 39.7 Å². The highest BCUT2D eigenvalue weighted by molar-refractivity contribution is 7.11. The second-order valence-corrected chi connectivity index (χ2v) is 7.28. The predicted molar refractivity (Wildman–Crippen MR) is 96.9 cm³/mol. The summed E-state index contributed by atoms with van der Waals surface area (Å²) in [7, 11) is 0. The molecule has 8 heteroatoms. The average Bonchev–Trinajstić information content (AvgIpc) is 3.35. The average molecular weight is 369 g/mol. The number of nitrogens with zero attached hydrogens (tertiary/aromatic N) is 5. The van der Waals surface area contributed by atoms with E-state index in [1.54, 1.807) is 11.7 Å². The van der Waals surface area contributed by atoms with Gasteiger partial charge in [0.05, 0.1) is 34.2 Å². The minimum absolute atomic E-state index is 0.0324. The van der Waals surface area contributed by atoms with Crippen molar-refractivity contribution in [2.75, 3.05) is 6.54 Å². The van der Waals surface area contributed by atoms with E-state index < -0.39 is 0 Å². The number of rotatable bonds is 3. The highest BCUT2D eigenvalue weighted by Gasteiger charge is 2.33. The number of carbonyl (C=O) groups is 1. The van der Waals surface area contributed by atoms with Crippen molar-refractivity contribution < 1.29 is 9.32 Å². The van der Waals surface area contributed by atoms with Crippen LogP contribution in [0.2, 0.25) is 0 Å². The Morgan fingerprint density at radius 1 is 1.27 bits per heavy atom. The standard InChI is InChI=1S/C18H19N5O2S/c1-10-15(12(3)25-22-10)17-19-7-6-13(21-17)14-5-4-8-23(14)18(24)16-11(2)20-9-26-16/h6-7,9,14H,4-5,8H2,1-3H3/t14-/m1/s1. The molecule has 1 saturated heterocycles. The lowest BCUT2D eigenvalue weighted by molar-refractivity contribution is 0.0737. The number of hydrogen-bond donors (Lipinski definition) is 0. The Balaban J connectivity index is 1.68. The van der Waals surface area contributed by atoms with Gasteiger partial charge >= 0.3 is 0 Å². The van der Waals surface area contributed by atoms with Crippen molar-refractivity contribution in [1.29, 1.82) is 0 Å². The zero-order valence-electron chi connectivity index (χ0n) is 14.9. The molecule has 3 aromatic rings. The third-order valence-electron chi connectivity index (χ3n) is 4.73. The monoisotopic (exact) mass is 369 g/mol. The molecule has 0 aliphatic carbocycles. The van der Waals surface area contributed by atoms with Gasteiger partial charge in [0, 0.05) is 12.7 Å². The molecule has 0 saturated carbocycles. The first-order chi connectivity index (χ1) is 12.6. The number of aryl methyl sites for hydroxylation is 3. The third kappa shape index (κ3) is 2.80. The Morgan fingerprint density at radius 3 is 2.81 bits per heavy atom. The van der Waals surface area contributed by atoms with Crippen LogP contribution in [0, 0.1) is 20.8 Å². The number of aromatic nitrogens is 4. The molecule has 1 aliphatic rings. The Bertz CT molecular complexity index is 945. The number of hydrogen-bond acceptors (Lipinski definition) is 7. The first-order valence-electron chi connectivity index (χ1n) is 8.53. The molecule has 4 heterocycles. The van der Waals surface area contributed by atoms with Crippen molar-refractivity contribution in [3.05, 3.63) is 45.5 Å². The Kier molecular flexibility index (Phi) is 4.28. The van der Waals surface area contributed by atoms with Crippen LogP contribution in [0.3, 0.4) is 0 Å². The number of likely N-dealkylation sites (tertiary alicyclic amines) is 1. The Hall–Kier alpha value is -2.61. The van der Waals surface area contributed by atoms with Crippen LogP contribution in [0.1, 0.15) is 51.4 Å². The van der Waals surface area contributed by atoms with Gasteiger partial charge in [0.15, 0.2) is 5.82 Å². The largest absolute Gasteiger partial charge is 0.361 e. The molecule has 4 rings (SSSR count). The van der Waals surface area contributed by atoms with Gasteiger partial charge in [-0.3, -0.25) is 4.79 Å². The van der Waals surface area contributed by atoms with Crippen molar-refractivity contribution in [2.45, 2.75) is 39.7 Å². The maximum absolute atomic E-state index is 13.0. The summed E-state index contributed by atoms with van der Waals surface area (Å²) in [6.07, 6.45) is 3.59. The number of thiazole rings is 1. The molecule has 0 unspecified atom stereocenters. The first-order valence-corrected chi connectivity index (χ1v) is 9.41. The van der Waals surface area contributed by atoms with Gasteiger partial charge in [0.1, 0.15) is 10.6 Å². The van der Waals surface area contributed by atoms with Crippen LogP contribution in [-0.2, 0) is 0 Å². The molecule has 134 valence electrons. The molecule has 0 bridgehead atoms. The Morgan fingerprint density at radius 2 is 2.12 bits per heavy atom. The fourth-order valence-corrected chi connectivity index (χ4v) is 4.19. The lowest BCUT2D eigenvalue weighted by atomic mass is 10.1. The lowest BCUT2D eigenvalue weighted by Gasteiger charge is -2.24. The van der Waals surface area contributed by atoms with Gasteiger partial charge < -0.3 is 9.42 Å². The fourth-order valence-electron chi connectivity index (χ4n) is 3.44. The molecule has 0 spiro atoms. The smallest absolute Gasteiger partial charge is 0.266 e. The van der Waals surface area contributed by atoms with Crippen LogP contribution in [0.5, 0.6) is 0 Å². The van der Waals surface area contributed by atoms with Gasteiger partial charge in [-0.15, -0.1) is 11.3 Å². The minimum Gasteiger partial charge on any atom is -0.361 e. The summed E-state index contributed by atoms with van der Waals surface area (Å²) in [5, 5.41) is 3.98. The summed E-state index contributed by atoms with van der Waals surface area (Å²) in [5.74, 6) is 1.32. The number of amides is 1. The van der Waals surface area contributed by atoms with Crippen molar-refractivity contribution >= 4 is 17.2 Å². The molecule has 0 aromatic carbocycles. The summed E-state index contributed by atoms with van der Waals surface area (Å²) in [6, 6.07) is 1.84. The van der Waals surface area contributed by atoms with E-state index in [1.165, 1.54) is 11.3 Å². The van der Waals surface area contributed by atoms with Crippen molar-refractivity contribution in [3.8, 4) is 11.4 Å². The molecule has 1 fully saturated rings. The second-order valence-electron chi connectivity index (χ2n) is 6.43. The highest BCUT2D eigenvalue weighted by atomic mass is 32.1. The molecular weight excluding hydrogens is 350 g/mol. The van der Waals surface area contributed by atoms with Crippen LogP contribution in [-0.4, -0.2) is 37.5 Å². The minimum atomic E-state index is -0.0498. The molecule has 26 heavy (non-hydrogen) atoms. The zero-order chi connectivity index (χ0) is 18.3. The SMILES string of the molecule is Cc1ncsc1C(=O)N1CCC[C@@H]1c1ccnc(-c2c(C)noc2C)n1. The van der Waals surface area contributed by atoms with Crippen molar-refractivity contribution in [2.24, 2.45) is 0 Å². The van der Waals surface area contributed by atoms with E-state index in [-0.39, 0.29) is 11.9 Å². The van der Waals surface area contributed by atoms with Crippen LogP contribution in [0.15, 0.2) is 22.3 Å². The molecule has 7 nitrogen and oxygen atoms in total. The van der Waals surface area contributed by atoms with E-state index in [1.807, 2.05) is 31.7 Å². The fraction of sp³-hybridized carbons (Fsp3) is 0.389. The van der Waals surface area contributed by atoms with Crippen LogP contribution in [0.4, 0.5) is 0 Å². The van der Waals surface area contributed by atoms with Crippen molar-refractivity contribution in [3.63, 3.8) is 0 Å². The summed E-state index contributed by atoms with van der Waals surface area (Å²) in [4.78, 5) is 28.9. The predicted octanol–water partition coefficient (Wildman–Crippen LogP) is 3.49. The van der Waals surface area contributed by atoms with E-state index in [9.17, 15) is 4.79 Å². The molecule has 1 atom stereocenters. The maximum Gasteiger partial charge on any atom is 0.266 e. The van der Waals surface area contributed by atoms with Gasteiger partial charge in [-0.2, -0.15) is 0 Å². The molecule has 0 N–H and O–H groups in total. The quantitative estimate of drug-likeness (QED) is 0.702. The highest BCUT2D eigenvalue weighted by Crippen LogP contribution is 2.34. The summed E-state index contributed by atoms with van der Waals surface area (Å²) in [6.45, 7) is 6.32. The van der Waals surface area contributed by atoms with E-state index in [2.05, 4.69) is 15.1 Å². The molecular formula is C18H19N5O2S. The summed E-state index contributed by atoms with van der Waals surface area (Å²) >= 11 is 1.39. The Labute approximate surface area is 155 Å². The van der Waals surface area contributed by atoms with Gasteiger partial charge in [-0.25, -0.2) is 15.0 Å².